The topological polar surface area (TPSA) is 37.3 Å². The van der Waals surface area contributed by atoms with Crippen LogP contribution in [0.25, 0.3) is 0 Å². The zero-order valence-corrected chi connectivity index (χ0v) is 14.7. The van der Waals surface area contributed by atoms with Crippen molar-refractivity contribution in [3.63, 3.8) is 0 Å². The van der Waals surface area contributed by atoms with E-state index >= 15 is 0 Å². The SMILES string of the molecule is CCN(CC)[C@@H](CNC(=O)c1cc(Cl)cn1C)c1ccccc1. The van der Waals surface area contributed by atoms with Crippen molar-refractivity contribution in [2.45, 2.75) is 19.9 Å². The second-order valence-electron chi connectivity index (χ2n) is 5.51. The van der Waals surface area contributed by atoms with Gasteiger partial charge < -0.3 is 9.88 Å². The average Bonchev–Trinajstić information content (AvgIpc) is 2.90. The summed E-state index contributed by atoms with van der Waals surface area (Å²) in [6, 6.07) is 12.1. The first-order chi connectivity index (χ1) is 11.1. The van der Waals surface area contributed by atoms with Gasteiger partial charge in [0.05, 0.1) is 11.1 Å². The van der Waals surface area contributed by atoms with E-state index in [2.05, 4.69) is 36.2 Å². The molecule has 2 rings (SSSR count). The van der Waals surface area contributed by atoms with Crippen LogP contribution in [0.5, 0.6) is 0 Å². The van der Waals surface area contributed by atoms with Gasteiger partial charge in [-0.05, 0) is 24.7 Å². The van der Waals surface area contributed by atoms with Crippen LogP contribution in [0, 0.1) is 0 Å². The minimum Gasteiger partial charge on any atom is -0.349 e. The molecule has 0 bridgehead atoms. The molecule has 0 saturated heterocycles. The molecule has 23 heavy (non-hydrogen) atoms. The Morgan fingerprint density at radius 3 is 2.43 bits per heavy atom. The second-order valence-corrected chi connectivity index (χ2v) is 5.95. The molecule has 1 aromatic heterocycles. The van der Waals surface area contributed by atoms with Crippen molar-refractivity contribution < 1.29 is 4.79 Å². The third-order valence-electron chi connectivity index (χ3n) is 4.10. The van der Waals surface area contributed by atoms with E-state index in [1.807, 2.05) is 25.2 Å². The van der Waals surface area contributed by atoms with E-state index in [0.29, 0.717) is 17.3 Å². The Hall–Kier alpha value is -1.78. The van der Waals surface area contributed by atoms with Crippen molar-refractivity contribution in [2.75, 3.05) is 19.6 Å². The van der Waals surface area contributed by atoms with Gasteiger partial charge in [0.1, 0.15) is 5.69 Å². The number of hydrogen-bond acceptors (Lipinski definition) is 2. The first-order valence-electron chi connectivity index (χ1n) is 7.95. The van der Waals surface area contributed by atoms with E-state index in [4.69, 9.17) is 11.6 Å². The van der Waals surface area contributed by atoms with Crippen molar-refractivity contribution in [3.8, 4) is 0 Å². The van der Waals surface area contributed by atoms with Crippen molar-refractivity contribution in [3.05, 3.63) is 58.9 Å². The summed E-state index contributed by atoms with van der Waals surface area (Å²) in [6.07, 6.45) is 1.73. The Labute approximate surface area is 143 Å². The molecule has 0 spiro atoms. The smallest absolute Gasteiger partial charge is 0.268 e. The number of carbonyl (C=O) groups is 1. The number of likely N-dealkylation sites (N-methyl/N-ethyl adjacent to an activating group) is 1. The fourth-order valence-corrected chi connectivity index (χ4v) is 3.08. The summed E-state index contributed by atoms with van der Waals surface area (Å²) in [5, 5.41) is 3.61. The van der Waals surface area contributed by atoms with E-state index in [0.717, 1.165) is 13.1 Å². The molecular formula is C18H24ClN3O. The van der Waals surface area contributed by atoms with Crippen molar-refractivity contribution >= 4 is 17.5 Å². The molecule has 0 radical (unpaired) electrons. The number of aromatic nitrogens is 1. The van der Waals surface area contributed by atoms with E-state index in [1.165, 1.54) is 5.56 Å². The molecule has 0 aliphatic heterocycles. The van der Waals surface area contributed by atoms with Crippen LogP contribution in [0.4, 0.5) is 0 Å². The summed E-state index contributed by atoms with van der Waals surface area (Å²) >= 11 is 5.95. The highest BCUT2D eigenvalue weighted by Gasteiger charge is 2.19. The van der Waals surface area contributed by atoms with Crippen LogP contribution in [0.15, 0.2) is 42.6 Å². The molecule has 0 saturated carbocycles. The number of rotatable bonds is 7. The highest BCUT2D eigenvalue weighted by Crippen LogP contribution is 2.20. The van der Waals surface area contributed by atoms with Crippen LogP contribution in [-0.4, -0.2) is 35.0 Å². The first-order valence-corrected chi connectivity index (χ1v) is 8.33. The lowest BCUT2D eigenvalue weighted by Crippen LogP contribution is -2.38. The normalized spacial score (nSPS) is 12.4. The molecule has 0 aliphatic carbocycles. The molecule has 4 nitrogen and oxygen atoms in total. The lowest BCUT2D eigenvalue weighted by Gasteiger charge is -2.30. The third-order valence-corrected chi connectivity index (χ3v) is 4.30. The molecule has 1 aromatic carbocycles. The summed E-state index contributed by atoms with van der Waals surface area (Å²) in [6.45, 7) is 6.70. The van der Waals surface area contributed by atoms with Gasteiger partial charge in [0.15, 0.2) is 0 Å². The van der Waals surface area contributed by atoms with Crippen molar-refractivity contribution in [1.29, 1.82) is 0 Å². The van der Waals surface area contributed by atoms with Crippen molar-refractivity contribution in [2.24, 2.45) is 7.05 Å². The fourth-order valence-electron chi connectivity index (χ4n) is 2.83. The maximum atomic E-state index is 12.4. The standard InChI is InChI=1S/C18H24ClN3O/c1-4-22(5-2)17(14-9-7-6-8-10-14)12-20-18(23)16-11-15(19)13-21(16)3/h6-11,13,17H,4-5,12H2,1-3H3,(H,20,23)/t17-/m0/s1. The summed E-state index contributed by atoms with van der Waals surface area (Å²) in [7, 11) is 1.82. The molecule has 1 atom stereocenters. The number of nitrogens with one attached hydrogen (secondary N) is 1. The summed E-state index contributed by atoms with van der Waals surface area (Å²) in [4.78, 5) is 14.7. The third kappa shape index (κ3) is 4.36. The molecule has 0 unspecified atom stereocenters. The molecular weight excluding hydrogens is 310 g/mol. The number of amides is 1. The highest BCUT2D eigenvalue weighted by molar-refractivity contribution is 6.31. The number of nitrogens with zero attached hydrogens (tertiary/aromatic N) is 2. The molecule has 1 heterocycles. The molecule has 0 fully saturated rings. The molecule has 5 heteroatoms. The van der Waals surface area contributed by atoms with Gasteiger partial charge in [0.25, 0.3) is 5.91 Å². The molecule has 124 valence electrons. The van der Waals surface area contributed by atoms with Crippen molar-refractivity contribution in [1.82, 2.24) is 14.8 Å². The zero-order valence-electron chi connectivity index (χ0n) is 13.9. The van der Waals surface area contributed by atoms with Crippen LogP contribution in [-0.2, 0) is 7.05 Å². The Kier molecular flexibility index (Phi) is 6.25. The van der Waals surface area contributed by atoms with Crippen LogP contribution >= 0.6 is 11.6 Å². The number of halogens is 1. The van der Waals surface area contributed by atoms with Crippen LogP contribution in [0.2, 0.25) is 5.02 Å². The molecule has 1 amide bonds. The van der Waals surface area contributed by atoms with Gasteiger partial charge in [-0.2, -0.15) is 0 Å². The monoisotopic (exact) mass is 333 g/mol. The zero-order chi connectivity index (χ0) is 16.8. The van der Waals surface area contributed by atoms with Gasteiger partial charge in [-0.25, -0.2) is 0 Å². The Morgan fingerprint density at radius 2 is 1.91 bits per heavy atom. The van der Waals surface area contributed by atoms with Gasteiger partial charge in [-0.3, -0.25) is 9.69 Å². The second kappa shape index (κ2) is 8.18. The van der Waals surface area contributed by atoms with E-state index < -0.39 is 0 Å². The quantitative estimate of drug-likeness (QED) is 0.842. The van der Waals surface area contributed by atoms with E-state index in [1.54, 1.807) is 16.8 Å². The first kappa shape index (κ1) is 17.6. The lowest BCUT2D eigenvalue weighted by atomic mass is 10.1. The van der Waals surface area contributed by atoms with Crippen LogP contribution in [0.3, 0.4) is 0 Å². The predicted molar refractivity (Wildman–Crippen MR) is 94.9 cm³/mol. The van der Waals surface area contributed by atoms with Gasteiger partial charge in [-0.1, -0.05) is 55.8 Å². The number of aryl methyl sites for hydroxylation is 1. The Morgan fingerprint density at radius 1 is 1.26 bits per heavy atom. The number of benzene rings is 1. The molecule has 1 N–H and O–H groups in total. The Balaban J connectivity index is 2.12. The number of hydrogen-bond donors (Lipinski definition) is 1. The van der Waals surface area contributed by atoms with Gasteiger partial charge >= 0.3 is 0 Å². The predicted octanol–water partition coefficient (Wildman–Crippen LogP) is 3.49. The highest BCUT2D eigenvalue weighted by atomic mass is 35.5. The minimum atomic E-state index is -0.104. The average molecular weight is 334 g/mol. The van der Waals surface area contributed by atoms with Gasteiger partial charge in [0, 0.05) is 19.8 Å². The van der Waals surface area contributed by atoms with Gasteiger partial charge in [-0.15, -0.1) is 0 Å². The van der Waals surface area contributed by atoms with Crippen LogP contribution in [0.1, 0.15) is 35.9 Å². The van der Waals surface area contributed by atoms with Crippen LogP contribution < -0.4 is 5.32 Å². The fraction of sp³-hybridized carbons (Fsp3) is 0.389. The Bertz CT molecular complexity index is 635. The number of carbonyl (C=O) groups excluding carboxylic acids is 1. The molecule has 0 aliphatic rings. The summed E-state index contributed by atoms with van der Waals surface area (Å²) < 4.78 is 1.74. The lowest BCUT2D eigenvalue weighted by molar-refractivity contribution is 0.0927. The van der Waals surface area contributed by atoms with E-state index in [-0.39, 0.29) is 11.9 Å². The van der Waals surface area contributed by atoms with Gasteiger partial charge in [0.2, 0.25) is 0 Å². The van der Waals surface area contributed by atoms with E-state index in [9.17, 15) is 4.79 Å². The molecule has 2 aromatic rings. The summed E-state index contributed by atoms with van der Waals surface area (Å²) in [5.74, 6) is -0.104. The maximum Gasteiger partial charge on any atom is 0.268 e. The minimum absolute atomic E-state index is 0.104. The largest absolute Gasteiger partial charge is 0.349 e. The maximum absolute atomic E-state index is 12.4. The summed E-state index contributed by atoms with van der Waals surface area (Å²) in [5.41, 5.74) is 1.78.